The minimum absolute atomic E-state index is 0.324. The summed E-state index contributed by atoms with van der Waals surface area (Å²) in [6, 6.07) is 10.8. The highest BCUT2D eigenvalue weighted by molar-refractivity contribution is 6.92. The van der Waals surface area contributed by atoms with Gasteiger partial charge in [-0.25, -0.2) is 0 Å². The van der Waals surface area contributed by atoms with Crippen LogP contribution in [-0.4, -0.2) is 36.2 Å². The molecule has 0 unspecified atom stereocenters. The van der Waals surface area contributed by atoms with Gasteiger partial charge in [0.25, 0.3) is 0 Å². The number of aromatic nitrogens is 2. The molecule has 0 spiro atoms. The summed E-state index contributed by atoms with van der Waals surface area (Å²) in [5, 5.41) is 6.33. The van der Waals surface area contributed by atoms with Crippen LogP contribution in [0.25, 0.3) is 0 Å². The SMILES string of the molecule is CC1(C)OB(c2c([Si](C)(C)C)nn3c2C[C@@H](c2ccccc2)C3)OC1(C)C. The van der Waals surface area contributed by atoms with Gasteiger partial charge in [0.05, 0.1) is 11.2 Å². The Balaban J connectivity index is 1.74. The van der Waals surface area contributed by atoms with Crippen LogP contribution in [0.3, 0.4) is 0 Å². The highest BCUT2D eigenvalue weighted by Gasteiger charge is 2.54. The van der Waals surface area contributed by atoms with E-state index in [-0.39, 0.29) is 18.3 Å². The average molecular weight is 382 g/mol. The van der Waals surface area contributed by atoms with Crippen LogP contribution in [0.4, 0.5) is 0 Å². The maximum Gasteiger partial charge on any atom is 0.498 e. The normalized spacial score (nSPS) is 23.7. The van der Waals surface area contributed by atoms with Crippen molar-refractivity contribution in [3.05, 3.63) is 41.6 Å². The van der Waals surface area contributed by atoms with E-state index in [4.69, 9.17) is 14.4 Å². The van der Waals surface area contributed by atoms with Crippen molar-refractivity contribution in [2.24, 2.45) is 0 Å². The number of rotatable bonds is 3. The zero-order valence-electron chi connectivity index (χ0n) is 17.7. The summed E-state index contributed by atoms with van der Waals surface area (Å²) >= 11 is 0. The first-order valence-electron chi connectivity index (χ1n) is 10.0. The fourth-order valence-corrected chi connectivity index (χ4v) is 5.59. The van der Waals surface area contributed by atoms with Gasteiger partial charge in [-0.1, -0.05) is 50.0 Å². The molecule has 27 heavy (non-hydrogen) atoms. The Labute approximate surface area is 164 Å². The van der Waals surface area contributed by atoms with E-state index in [1.54, 1.807) is 0 Å². The summed E-state index contributed by atoms with van der Waals surface area (Å²) in [4.78, 5) is 0. The third kappa shape index (κ3) is 3.12. The number of hydrogen-bond donors (Lipinski definition) is 0. The standard InChI is InChI=1S/C21H31BN2O2Si/c1-20(2)21(3,4)26-22(25-20)18-17-13-16(15-11-9-8-10-12-15)14-24(17)23-19(18)27(5,6)7/h8-12,16H,13-14H2,1-7H3/t16-/m1/s1. The average Bonchev–Trinajstić information content (AvgIpc) is 3.16. The summed E-state index contributed by atoms with van der Waals surface area (Å²) in [5.41, 5.74) is 3.24. The molecule has 0 bridgehead atoms. The molecule has 2 aliphatic heterocycles. The Morgan fingerprint density at radius 1 is 1.04 bits per heavy atom. The quantitative estimate of drug-likeness (QED) is 0.766. The van der Waals surface area contributed by atoms with Gasteiger partial charge < -0.3 is 9.31 Å². The summed E-state index contributed by atoms with van der Waals surface area (Å²) < 4.78 is 15.1. The van der Waals surface area contributed by atoms with Crippen molar-refractivity contribution in [3.63, 3.8) is 0 Å². The predicted octanol–water partition coefficient (Wildman–Crippen LogP) is 3.07. The highest BCUT2D eigenvalue weighted by Crippen LogP contribution is 2.37. The third-order valence-corrected chi connectivity index (χ3v) is 8.19. The number of hydrogen-bond acceptors (Lipinski definition) is 3. The van der Waals surface area contributed by atoms with E-state index in [2.05, 4.69) is 82.3 Å². The van der Waals surface area contributed by atoms with E-state index in [9.17, 15) is 0 Å². The van der Waals surface area contributed by atoms with Gasteiger partial charge in [0.1, 0.15) is 8.07 Å². The lowest BCUT2D eigenvalue weighted by molar-refractivity contribution is 0.00578. The number of fused-ring (bicyclic) bond motifs is 1. The van der Waals surface area contributed by atoms with Crippen LogP contribution >= 0.6 is 0 Å². The molecule has 0 radical (unpaired) electrons. The zero-order chi connectivity index (χ0) is 19.6. The molecule has 4 nitrogen and oxygen atoms in total. The lowest BCUT2D eigenvalue weighted by Gasteiger charge is -2.32. The van der Waals surface area contributed by atoms with Crippen molar-refractivity contribution in [1.82, 2.24) is 9.78 Å². The molecular weight excluding hydrogens is 351 g/mol. The zero-order valence-corrected chi connectivity index (χ0v) is 18.7. The van der Waals surface area contributed by atoms with Crippen molar-refractivity contribution >= 4 is 26.0 Å². The third-order valence-electron chi connectivity index (χ3n) is 6.40. The smallest absolute Gasteiger partial charge is 0.399 e. The molecule has 0 N–H and O–H groups in total. The molecule has 4 rings (SSSR count). The van der Waals surface area contributed by atoms with Crippen LogP contribution in [0, 0.1) is 0 Å². The molecule has 2 aromatic rings. The topological polar surface area (TPSA) is 36.3 Å². The van der Waals surface area contributed by atoms with Crippen molar-refractivity contribution in [1.29, 1.82) is 0 Å². The lowest BCUT2D eigenvalue weighted by Crippen LogP contribution is -2.54. The maximum atomic E-state index is 6.46. The van der Waals surface area contributed by atoms with Gasteiger partial charge in [-0.05, 0) is 39.7 Å². The first kappa shape index (κ1) is 19.0. The highest BCUT2D eigenvalue weighted by atomic mass is 28.3. The molecule has 1 aromatic heterocycles. The van der Waals surface area contributed by atoms with Crippen molar-refractivity contribution in [2.45, 2.75) is 77.4 Å². The monoisotopic (exact) mass is 382 g/mol. The van der Waals surface area contributed by atoms with Gasteiger partial charge in [0, 0.05) is 28.9 Å². The Morgan fingerprint density at radius 3 is 2.19 bits per heavy atom. The molecule has 144 valence electrons. The molecule has 3 heterocycles. The van der Waals surface area contributed by atoms with Gasteiger partial charge >= 0.3 is 7.12 Å². The summed E-state index contributed by atoms with van der Waals surface area (Å²) in [7, 11) is -1.95. The number of nitrogens with zero attached hydrogens (tertiary/aromatic N) is 2. The molecule has 0 saturated carbocycles. The Morgan fingerprint density at radius 2 is 1.63 bits per heavy atom. The van der Waals surface area contributed by atoms with Crippen LogP contribution in [0.1, 0.15) is 44.9 Å². The Bertz CT molecular complexity index is 839. The molecule has 1 atom stereocenters. The predicted molar refractivity (Wildman–Crippen MR) is 114 cm³/mol. The van der Waals surface area contributed by atoms with Gasteiger partial charge in [0.2, 0.25) is 0 Å². The first-order chi connectivity index (χ1) is 12.5. The molecule has 0 amide bonds. The molecule has 1 saturated heterocycles. The Hall–Kier alpha value is -1.37. The largest absolute Gasteiger partial charge is 0.498 e. The van der Waals surface area contributed by atoms with E-state index in [1.165, 1.54) is 22.0 Å². The number of benzene rings is 1. The summed E-state index contributed by atoms with van der Waals surface area (Å²) in [6.45, 7) is 16.5. The van der Waals surface area contributed by atoms with E-state index < -0.39 is 8.07 Å². The van der Waals surface area contributed by atoms with Crippen LogP contribution in [-0.2, 0) is 22.3 Å². The van der Waals surface area contributed by atoms with E-state index in [0.29, 0.717) is 5.92 Å². The molecule has 1 aromatic carbocycles. The minimum Gasteiger partial charge on any atom is -0.399 e. The van der Waals surface area contributed by atoms with Gasteiger partial charge in [-0.3, -0.25) is 4.68 Å². The van der Waals surface area contributed by atoms with Gasteiger partial charge in [0.15, 0.2) is 0 Å². The van der Waals surface area contributed by atoms with Gasteiger partial charge in [-0.2, -0.15) is 5.10 Å². The summed E-state index contributed by atoms with van der Waals surface area (Å²) in [6.07, 6.45) is 1.00. The maximum absolute atomic E-state index is 6.46. The minimum atomic E-state index is -1.62. The van der Waals surface area contributed by atoms with Crippen LogP contribution in [0.15, 0.2) is 30.3 Å². The second-order valence-corrected chi connectivity index (χ2v) is 15.0. The Kier molecular flexibility index (Phi) is 4.26. The lowest BCUT2D eigenvalue weighted by atomic mass is 9.78. The molecule has 2 aliphatic rings. The molecule has 1 fully saturated rings. The van der Waals surface area contributed by atoms with Crippen LogP contribution < -0.4 is 10.8 Å². The van der Waals surface area contributed by atoms with Crippen LogP contribution in [0.2, 0.25) is 19.6 Å². The van der Waals surface area contributed by atoms with Crippen molar-refractivity contribution in [2.75, 3.05) is 0 Å². The molecular formula is C21H31BN2O2Si. The van der Waals surface area contributed by atoms with E-state index in [0.717, 1.165) is 13.0 Å². The first-order valence-corrected chi connectivity index (χ1v) is 13.5. The van der Waals surface area contributed by atoms with E-state index in [1.807, 2.05) is 0 Å². The second-order valence-electron chi connectivity index (χ2n) is 10.0. The second kappa shape index (κ2) is 6.06. The summed E-state index contributed by atoms with van der Waals surface area (Å²) in [5.74, 6) is 0.477. The van der Waals surface area contributed by atoms with Crippen LogP contribution in [0.5, 0.6) is 0 Å². The van der Waals surface area contributed by atoms with Crippen molar-refractivity contribution < 1.29 is 9.31 Å². The fourth-order valence-electron chi connectivity index (χ4n) is 4.09. The molecule has 6 heteroatoms. The fraction of sp³-hybridized carbons (Fsp3) is 0.571. The van der Waals surface area contributed by atoms with E-state index >= 15 is 0 Å². The van der Waals surface area contributed by atoms with Crippen molar-refractivity contribution in [3.8, 4) is 0 Å². The molecule has 0 aliphatic carbocycles. The van der Waals surface area contributed by atoms with Gasteiger partial charge in [-0.15, -0.1) is 0 Å².